The molecule has 4 rings (SSSR count). The van der Waals surface area contributed by atoms with E-state index in [2.05, 4.69) is 19.9 Å². The molecule has 0 saturated heterocycles. The van der Waals surface area contributed by atoms with E-state index in [1.807, 2.05) is 6.92 Å². The van der Waals surface area contributed by atoms with E-state index in [0.29, 0.717) is 39.4 Å². The monoisotopic (exact) mass is 372 g/mol. The predicted octanol–water partition coefficient (Wildman–Crippen LogP) is 2.63. The lowest BCUT2D eigenvalue weighted by atomic mass is 10.1. The van der Waals surface area contributed by atoms with Crippen molar-refractivity contribution in [3.8, 4) is 22.8 Å². The first kappa shape index (κ1) is 17.4. The summed E-state index contributed by atoms with van der Waals surface area (Å²) >= 11 is 0. The summed E-state index contributed by atoms with van der Waals surface area (Å²) < 4.78 is 1.69. The summed E-state index contributed by atoms with van der Waals surface area (Å²) in [4.78, 5) is 28.5. The van der Waals surface area contributed by atoms with E-state index >= 15 is 0 Å². The van der Waals surface area contributed by atoms with Crippen molar-refractivity contribution in [3.63, 3.8) is 0 Å². The summed E-state index contributed by atoms with van der Waals surface area (Å²) in [5, 5.41) is 10.2. The number of hydrogen-bond acceptors (Lipinski definition) is 7. The van der Waals surface area contributed by atoms with Crippen LogP contribution in [0.5, 0.6) is 5.75 Å². The van der Waals surface area contributed by atoms with E-state index in [1.165, 1.54) is 6.08 Å². The number of aromatic hydroxyl groups is 1. The minimum Gasteiger partial charge on any atom is -0.508 e. The molecule has 0 bridgehead atoms. The molecule has 3 heterocycles. The topological polar surface area (TPSA) is 120 Å². The van der Waals surface area contributed by atoms with Gasteiger partial charge in [0.15, 0.2) is 5.65 Å². The van der Waals surface area contributed by atoms with Crippen molar-refractivity contribution >= 4 is 29.0 Å². The Labute approximate surface area is 160 Å². The van der Waals surface area contributed by atoms with Crippen LogP contribution in [0.2, 0.25) is 0 Å². The zero-order valence-corrected chi connectivity index (χ0v) is 15.2. The molecular weight excluding hydrogens is 356 g/mol. The molecule has 28 heavy (non-hydrogen) atoms. The van der Waals surface area contributed by atoms with E-state index in [4.69, 9.17) is 5.73 Å². The van der Waals surface area contributed by atoms with Gasteiger partial charge in [-0.1, -0.05) is 6.07 Å². The number of aryl methyl sites for hydroxylation is 1. The Morgan fingerprint density at radius 1 is 1.14 bits per heavy atom. The molecule has 0 unspecified atom stereocenters. The summed E-state index contributed by atoms with van der Waals surface area (Å²) in [6.07, 6.45) is 7.51. The van der Waals surface area contributed by atoms with Gasteiger partial charge in [0.1, 0.15) is 34.4 Å². The normalized spacial score (nSPS) is 10.8. The van der Waals surface area contributed by atoms with Gasteiger partial charge in [-0.3, -0.25) is 14.5 Å². The Morgan fingerprint density at radius 3 is 2.68 bits per heavy atom. The first-order valence-electron chi connectivity index (χ1n) is 8.46. The zero-order valence-electron chi connectivity index (χ0n) is 15.2. The van der Waals surface area contributed by atoms with Crippen molar-refractivity contribution in [2.24, 2.45) is 0 Å². The van der Waals surface area contributed by atoms with Gasteiger partial charge in [-0.15, -0.1) is 0 Å². The van der Waals surface area contributed by atoms with Crippen LogP contribution in [0.4, 0.5) is 5.82 Å². The van der Waals surface area contributed by atoms with Crippen molar-refractivity contribution in [3.05, 3.63) is 53.6 Å². The number of rotatable bonds is 3. The van der Waals surface area contributed by atoms with Crippen LogP contribution in [-0.2, 0) is 4.79 Å². The lowest BCUT2D eigenvalue weighted by Gasteiger charge is -2.15. The first-order valence-corrected chi connectivity index (χ1v) is 8.46. The van der Waals surface area contributed by atoms with E-state index in [9.17, 15) is 9.90 Å². The Hall–Kier alpha value is -4.03. The Kier molecular flexibility index (Phi) is 4.10. The number of nitrogen functional groups attached to an aromatic ring is 1. The van der Waals surface area contributed by atoms with Crippen LogP contribution in [0.25, 0.3) is 34.3 Å². The Morgan fingerprint density at radius 2 is 1.96 bits per heavy atom. The van der Waals surface area contributed by atoms with Crippen LogP contribution in [-0.4, -0.2) is 35.6 Å². The molecule has 3 N–H and O–H groups in total. The highest BCUT2D eigenvalue weighted by molar-refractivity contribution is 5.97. The average Bonchev–Trinajstić information content (AvgIpc) is 2.98. The zero-order chi connectivity index (χ0) is 19.8. The summed E-state index contributed by atoms with van der Waals surface area (Å²) in [7, 11) is 0. The minimum absolute atomic E-state index is 0.137. The molecule has 0 spiro atoms. The predicted molar refractivity (Wildman–Crippen MR) is 106 cm³/mol. The summed E-state index contributed by atoms with van der Waals surface area (Å²) in [6, 6.07) is 3.42. The van der Waals surface area contributed by atoms with Gasteiger partial charge in [0.05, 0.1) is 23.6 Å². The molecule has 0 aliphatic rings. The molecule has 0 atom stereocenters. The highest BCUT2D eigenvalue weighted by Crippen LogP contribution is 2.35. The third-order valence-electron chi connectivity index (χ3n) is 4.59. The molecule has 8 nitrogen and oxygen atoms in total. The van der Waals surface area contributed by atoms with E-state index in [1.54, 1.807) is 54.4 Å². The largest absolute Gasteiger partial charge is 0.508 e. The van der Waals surface area contributed by atoms with Crippen LogP contribution in [0, 0.1) is 13.8 Å². The molecule has 0 amide bonds. The number of anilines is 1. The Bertz CT molecular complexity index is 1260. The van der Waals surface area contributed by atoms with Crippen molar-refractivity contribution in [2.45, 2.75) is 13.8 Å². The molecule has 138 valence electrons. The fourth-order valence-electron chi connectivity index (χ4n) is 3.23. The fourth-order valence-corrected chi connectivity index (χ4v) is 3.23. The molecule has 4 aromatic rings. The molecule has 0 fully saturated rings. The van der Waals surface area contributed by atoms with Crippen LogP contribution in [0.3, 0.4) is 0 Å². The number of phenols is 1. The van der Waals surface area contributed by atoms with Crippen molar-refractivity contribution in [1.29, 1.82) is 0 Å². The van der Waals surface area contributed by atoms with Crippen LogP contribution in [0.1, 0.15) is 16.7 Å². The first-order chi connectivity index (χ1) is 13.5. The van der Waals surface area contributed by atoms with Crippen molar-refractivity contribution < 1.29 is 9.90 Å². The number of carbonyl (C=O) groups excluding carboxylic acids is 1. The molecule has 1 aromatic carbocycles. The van der Waals surface area contributed by atoms with Crippen molar-refractivity contribution in [2.75, 3.05) is 5.73 Å². The summed E-state index contributed by atoms with van der Waals surface area (Å²) in [5.41, 5.74) is 11.0. The summed E-state index contributed by atoms with van der Waals surface area (Å²) in [6.45, 7) is 3.70. The second-order valence-corrected chi connectivity index (χ2v) is 6.29. The number of phenolic OH excluding ortho intramolecular Hbond substituents is 1. The second-order valence-electron chi connectivity index (χ2n) is 6.29. The molecule has 0 saturated carbocycles. The third kappa shape index (κ3) is 2.60. The van der Waals surface area contributed by atoms with Gasteiger partial charge in [-0.05, 0) is 25.5 Å². The van der Waals surface area contributed by atoms with Gasteiger partial charge in [-0.25, -0.2) is 14.8 Å². The standard InChI is InChI=1S/C20H16N6O2/c1-11-3-4-16(28)12(2)18(11)26-19(21)13(5-8-27)17-20(26)24-10-15(25-17)14-9-22-6-7-23-14/h3-7,9-10,28H,21H2,1-2H3. The minimum atomic E-state index is 0.137. The number of aromatic nitrogens is 5. The number of nitrogens with zero attached hydrogens (tertiary/aromatic N) is 5. The fraction of sp³-hybridized carbons (Fsp3) is 0.100. The van der Waals surface area contributed by atoms with Crippen molar-refractivity contribution in [1.82, 2.24) is 24.5 Å². The van der Waals surface area contributed by atoms with Crippen LogP contribution >= 0.6 is 0 Å². The third-order valence-corrected chi connectivity index (χ3v) is 4.59. The van der Waals surface area contributed by atoms with E-state index in [0.717, 1.165) is 5.56 Å². The molecule has 3 aromatic heterocycles. The quantitative estimate of drug-likeness (QED) is 0.530. The number of benzene rings is 1. The SMILES string of the molecule is Cc1ccc(O)c(C)c1-n1c(N)c(C=C=O)c2nc(-c3cnccn3)cnc21. The maximum absolute atomic E-state index is 11.1. The number of hydrogen-bond donors (Lipinski definition) is 2. The molecule has 8 heteroatoms. The second kappa shape index (κ2) is 6.61. The maximum Gasteiger partial charge on any atom is 0.165 e. The maximum atomic E-state index is 11.1. The number of nitrogens with two attached hydrogens (primary N) is 1. The Balaban J connectivity index is 2.08. The number of fused-ring (bicyclic) bond motifs is 1. The summed E-state index contributed by atoms with van der Waals surface area (Å²) in [5.74, 6) is 2.19. The van der Waals surface area contributed by atoms with Gasteiger partial charge >= 0.3 is 0 Å². The highest BCUT2D eigenvalue weighted by Gasteiger charge is 2.21. The van der Waals surface area contributed by atoms with E-state index in [-0.39, 0.29) is 11.6 Å². The van der Waals surface area contributed by atoms with E-state index < -0.39 is 0 Å². The van der Waals surface area contributed by atoms with Gasteiger partial charge in [-0.2, -0.15) is 0 Å². The van der Waals surface area contributed by atoms with Gasteiger partial charge in [0.25, 0.3) is 0 Å². The van der Waals surface area contributed by atoms with Gasteiger partial charge < -0.3 is 10.8 Å². The average molecular weight is 372 g/mol. The smallest absolute Gasteiger partial charge is 0.165 e. The van der Waals surface area contributed by atoms with Crippen LogP contribution in [0.15, 0.2) is 36.9 Å². The highest BCUT2D eigenvalue weighted by atomic mass is 16.3. The molecule has 0 radical (unpaired) electrons. The molecular formula is C20H16N6O2. The lowest BCUT2D eigenvalue weighted by Crippen LogP contribution is -2.05. The van der Waals surface area contributed by atoms with Crippen LogP contribution < -0.4 is 5.73 Å². The van der Waals surface area contributed by atoms with Gasteiger partial charge in [0.2, 0.25) is 0 Å². The molecule has 0 aliphatic heterocycles. The lowest BCUT2D eigenvalue weighted by molar-refractivity contribution is 0.470. The molecule has 0 aliphatic carbocycles. The van der Waals surface area contributed by atoms with Gasteiger partial charge in [0, 0.05) is 24.0 Å².